The van der Waals surface area contributed by atoms with E-state index in [2.05, 4.69) is 156 Å². The number of benzene rings is 8. The van der Waals surface area contributed by atoms with Gasteiger partial charge in [0.2, 0.25) is 0 Å². The molecule has 56 heavy (non-hydrogen) atoms. The zero-order valence-electron chi connectivity index (χ0n) is 33.8. The van der Waals surface area contributed by atoms with Gasteiger partial charge in [0, 0.05) is 5.41 Å². The van der Waals surface area contributed by atoms with E-state index in [1.807, 2.05) is 0 Å². The molecule has 1 fully saturated rings. The molecule has 0 spiro atoms. The van der Waals surface area contributed by atoms with Crippen molar-refractivity contribution in [3.05, 3.63) is 149 Å². The molecular formula is C55H52Si. The molecule has 0 unspecified atom stereocenters. The van der Waals surface area contributed by atoms with Gasteiger partial charge in [-0.25, -0.2) is 0 Å². The number of hydrogen-bond donors (Lipinski definition) is 0. The maximum Gasteiger partial charge on any atom is 0.0867 e. The zero-order valence-corrected chi connectivity index (χ0v) is 34.8. The quantitative estimate of drug-likeness (QED) is 0.113. The predicted octanol–water partition coefficient (Wildman–Crippen LogP) is 15.2. The second-order valence-corrected chi connectivity index (χ2v) is 23.2. The Bertz CT molecular complexity index is 2870. The third-order valence-electron chi connectivity index (χ3n) is 15.3. The van der Waals surface area contributed by atoms with Crippen molar-refractivity contribution in [1.29, 1.82) is 0 Å². The van der Waals surface area contributed by atoms with Crippen LogP contribution >= 0.6 is 0 Å². The standard InChI is InChI=1S/C55H52Si/c1-6-56(7-2,8-3)52-33-49(37-22-24-42-41-19-13-14-20-50(41)55(4,5)51(42)31-37)45-26-25-43-47(34-15-9-10-16-34)32-48(44-27-28-46(52)54(45)53(43)44)36-21-23-40-38(30-36)29-35-17-11-12-18-39(35)40/h11-14,17-28,30-34H,6-10,15-16,29H2,1-5H3. The summed E-state index contributed by atoms with van der Waals surface area (Å²) in [6.45, 7) is 12.3. The van der Waals surface area contributed by atoms with Crippen LogP contribution in [0.15, 0.2) is 121 Å². The van der Waals surface area contributed by atoms with Gasteiger partial charge in [0.05, 0.1) is 8.07 Å². The van der Waals surface area contributed by atoms with Crippen LogP contribution in [0.1, 0.15) is 94.0 Å². The number of hydrogen-bond acceptors (Lipinski definition) is 0. The fourth-order valence-corrected chi connectivity index (χ4v) is 15.9. The van der Waals surface area contributed by atoms with Gasteiger partial charge in [0.15, 0.2) is 0 Å². The molecule has 0 aromatic heterocycles. The first kappa shape index (κ1) is 34.3. The third kappa shape index (κ3) is 4.70. The average molecular weight is 741 g/mol. The molecule has 0 radical (unpaired) electrons. The lowest BCUT2D eigenvalue weighted by molar-refractivity contribution is 0.660. The first-order valence-corrected chi connectivity index (χ1v) is 24.2. The van der Waals surface area contributed by atoms with E-state index >= 15 is 0 Å². The van der Waals surface area contributed by atoms with Crippen LogP contribution in [0.2, 0.25) is 18.1 Å². The second kappa shape index (κ2) is 12.5. The van der Waals surface area contributed by atoms with E-state index in [0.717, 1.165) is 6.42 Å². The van der Waals surface area contributed by atoms with Crippen molar-refractivity contribution in [3.63, 3.8) is 0 Å². The zero-order chi connectivity index (χ0) is 37.9. The molecule has 0 amide bonds. The summed E-state index contributed by atoms with van der Waals surface area (Å²) in [4.78, 5) is 0. The summed E-state index contributed by atoms with van der Waals surface area (Å²) in [6, 6.07) is 52.1. The Balaban J connectivity index is 1.22. The minimum Gasteiger partial charge on any atom is -0.0675 e. The summed E-state index contributed by atoms with van der Waals surface area (Å²) in [7, 11) is -1.81. The van der Waals surface area contributed by atoms with Crippen molar-refractivity contribution in [1.82, 2.24) is 0 Å². The largest absolute Gasteiger partial charge is 0.0867 e. The van der Waals surface area contributed by atoms with Gasteiger partial charge in [0.1, 0.15) is 0 Å². The van der Waals surface area contributed by atoms with Gasteiger partial charge < -0.3 is 0 Å². The van der Waals surface area contributed by atoms with Crippen LogP contribution in [0, 0.1) is 0 Å². The van der Waals surface area contributed by atoms with Gasteiger partial charge in [0.25, 0.3) is 0 Å². The van der Waals surface area contributed by atoms with Crippen LogP contribution in [0.4, 0.5) is 0 Å². The van der Waals surface area contributed by atoms with E-state index < -0.39 is 8.07 Å². The van der Waals surface area contributed by atoms with Crippen molar-refractivity contribution >= 4 is 45.6 Å². The molecule has 276 valence electrons. The monoisotopic (exact) mass is 740 g/mol. The van der Waals surface area contributed by atoms with E-state index in [1.54, 1.807) is 10.8 Å². The fourth-order valence-electron chi connectivity index (χ4n) is 12.0. The predicted molar refractivity (Wildman–Crippen MR) is 245 cm³/mol. The molecule has 0 saturated heterocycles. The van der Waals surface area contributed by atoms with Crippen molar-refractivity contribution in [3.8, 4) is 44.5 Å². The summed E-state index contributed by atoms with van der Waals surface area (Å²) < 4.78 is 0. The van der Waals surface area contributed by atoms with E-state index in [0.29, 0.717) is 5.92 Å². The highest BCUT2D eigenvalue weighted by atomic mass is 28.3. The SMILES string of the molecule is CC[Si](CC)(CC)c1cc(-c2ccc3c(c2)C(C)(C)c2ccccc2-3)c2ccc3c(C4CCCC4)cc(-c4ccc5c(c4)Cc4ccccc4-5)c4ccc1c2c43. The molecule has 0 atom stereocenters. The van der Waals surface area contributed by atoms with Crippen molar-refractivity contribution in [2.24, 2.45) is 0 Å². The van der Waals surface area contributed by atoms with Crippen molar-refractivity contribution in [2.45, 2.75) is 96.2 Å². The molecule has 1 heteroatoms. The highest BCUT2D eigenvalue weighted by Gasteiger charge is 2.37. The van der Waals surface area contributed by atoms with E-state index in [-0.39, 0.29) is 5.41 Å². The molecule has 1 saturated carbocycles. The molecule has 0 bridgehead atoms. The Morgan fingerprint density at radius 3 is 1.82 bits per heavy atom. The smallest absolute Gasteiger partial charge is 0.0675 e. The summed E-state index contributed by atoms with van der Waals surface area (Å²) in [5, 5.41) is 10.5. The van der Waals surface area contributed by atoms with Gasteiger partial charge >= 0.3 is 0 Å². The Labute approximate surface area is 334 Å². The second-order valence-electron chi connectivity index (χ2n) is 18.0. The van der Waals surface area contributed by atoms with E-state index in [4.69, 9.17) is 0 Å². The topological polar surface area (TPSA) is 0 Å². The van der Waals surface area contributed by atoms with Gasteiger partial charge in [-0.15, -0.1) is 0 Å². The highest BCUT2D eigenvalue weighted by molar-refractivity contribution is 6.93. The Hall–Kier alpha value is -4.98. The van der Waals surface area contributed by atoms with E-state index in [1.165, 1.54) is 143 Å². The molecule has 3 aliphatic carbocycles. The van der Waals surface area contributed by atoms with Crippen LogP contribution in [0.5, 0.6) is 0 Å². The molecule has 0 nitrogen and oxygen atoms in total. The molecule has 0 heterocycles. The van der Waals surface area contributed by atoms with Crippen LogP contribution in [-0.4, -0.2) is 8.07 Å². The van der Waals surface area contributed by atoms with E-state index in [9.17, 15) is 0 Å². The first-order chi connectivity index (χ1) is 27.3. The normalized spacial score (nSPS) is 15.9. The molecular weight excluding hydrogens is 689 g/mol. The summed E-state index contributed by atoms with van der Waals surface area (Å²) in [5.74, 6) is 0.618. The lowest BCUT2D eigenvalue weighted by Gasteiger charge is -2.32. The van der Waals surface area contributed by atoms with Crippen LogP contribution < -0.4 is 5.19 Å². The fraction of sp³-hybridized carbons (Fsp3) is 0.273. The van der Waals surface area contributed by atoms with Crippen LogP contribution in [-0.2, 0) is 11.8 Å². The minimum absolute atomic E-state index is 0.0361. The number of fused-ring (bicyclic) bond motifs is 6. The average Bonchev–Trinajstić information content (AvgIpc) is 3.96. The van der Waals surface area contributed by atoms with Gasteiger partial charge in [-0.1, -0.05) is 180 Å². The summed E-state index contributed by atoms with van der Waals surface area (Å²) in [5.41, 5.74) is 18.6. The van der Waals surface area contributed by atoms with Crippen LogP contribution in [0.3, 0.4) is 0 Å². The maximum absolute atomic E-state index is 2.69. The molecule has 8 aromatic carbocycles. The summed E-state index contributed by atoms with van der Waals surface area (Å²) in [6.07, 6.45) is 6.29. The third-order valence-corrected chi connectivity index (χ3v) is 20.9. The first-order valence-electron chi connectivity index (χ1n) is 21.6. The molecule has 0 aliphatic heterocycles. The maximum atomic E-state index is 2.69. The lowest BCUT2D eigenvalue weighted by atomic mass is 9.80. The molecule has 3 aliphatic rings. The molecule has 8 aromatic rings. The Morgan fingerprint density at radius 2 is 1.07 bits per heavy atom. The Morgan fingerprint density at radius 1 is 0.500 bits per heavy atom. The van der Waals surface area contributed by atoms with Gasteiger partial charge in [-0.2, -0.15) is 0 Å². The molecule has 0 N–H and O–H groups in total. The van der Waals surface area contributed by atoms with Crippen molar-refractivity contribution in [2.75, 3.05) is 0 Å². The Kier molecular flexibility index (Phi) is 7.66. The van der Waals surface area contributed by atoms with Crippen LogP contribution in [0.25, 0.3) is 76.8 Å². The molecule has 11 rings (SSSR count). The van der Waals surface area contributed by atoms with Gasteiger partial charge in [-0.05, 0) is 142 Å². The minimum atomic E-state index is -1.81. The van der Waals surface area contributed by atoms with Gasteiger partial charge in [-0.3, -0.25) is 0 Å². The number of rotatable bonds is 7. The highest BCUT2D eigenvalue weighted by Crippen LogP contribution is 2.52. The lowest BCUT2D eigenvalue weighted by Crippen LogP contribution is -2.46. The van der Waals surface area contributed by atoms with Crippen molar-refractivity contribution < 1.29 is 0 Å². The summed E-state index contributed by atoms with van der Waals surface area (Å²) >= 11 is 0.